The molecule has 0 spiro atoms. The van der Waals surface area contributed by atoms with E-state index in [1.165, 1.54) is 0 Å². The molecule has 8 heteroatoms. The number of rotatable bonds is 9. The molecular weight excluding hydrogens is 440 g/mol. The molecule has 1 aromatic heterocycles. The molecule has 0 fully saturated rings. The fraction of sp³-hybridized carbons (Fsp3) is 0.385. The van der Waals surface area contributed by atoms with E-state index in [0.29, 0.717) is 37.4 Å². The molecule has 0 aliphatic carbocycles. The lowest BCUT2D eigenvalue weighted by atomic mass is 9.82. The first kappa shape index (κ1) is 25.5. The van der Waals surface area contributed by atoms with E-state index in [9.17, 15) is 18.7 Å². The fourth-order valence-corrected chi connectivity index (χ4v) is 4.04. The Morgan fingerprint density at radius 3 is 2.50 bits per heavy atom. The predicted octanol–water partition coefficient (Wildman–Crippen LogP) is 4.47. The van der Waals surface area contributed by atoms with Gasteiger partial charge in [-0.05, 0) is 42.1 Å². The summed E-state index contributed by atoms with van der Waals surface area (Å²) in [7, 11) is 0. The molecule has 1 amide bonds. The van der Waals surface area contributed by atoms with Crippen LogP contribution in [0.3, 0.4) is 0 Å². The molecule has 1 unspecified atom stereocenters. The van der Waals surface area contributed by atoms with Gasteiger partial charge in [-0.25, -0.2) is 13.8 Å². The van der Waals surface area contributed by atoms with Gasteiger partial charge in [-0.3, -0.25) is 4.79 Å². The van der Waals surface area contributed by atoms with E-state index in [0.717, 1.165) is 23.8 Å². The third-order valence-electron chi connectivity index (χ3n) is 5.54. The molecule has 0 bridgehead atoms. The van der Waals surface area contributed by atoms with Gasteiger partial charge in [0, 0.05) is 13.0 Å². The lowest BCUT2D eigenvalue weighted by Gasteiger charge is -2.39. The van der Waals surface area contributed by atoms with Crippen molar-refractivity contribution in [3.63, 3.8) is 0 Å². The van der Waals surface area contributed by atoms with Gasteiger partial charge in [-0.1, -0.05) is 51.1 Å². The van der Waals surface area contributed by atoms with Gasteiger partial charge in [0.15, 0.2) is 0 Å². The molecule has 6 nitrogen and oxygen atoms in total. The van der Waals surface area contributed by atoms with Crippen molar-refractivity contribution in [2.45, 2.75) is 39.7 Å². The summed E-state index contributed by atoms with van der Waals surface area (Å²) in [5.41, 5.74) is 6.44. The highest BCUT2D eigenvalue weighted by Gasteiger charge is 2.39. The number of nitrogens with zero attached hydrogens (tertiary/aromatic N) is 2. The molecule has 0 aliphatic rings. The normalized spacial score (nSPS) is 12.6. The van der Waals surface area contributed by atoms with E-state index < -0.39 is 35.6 Å². The van der Waals surface area contributed by atoms with Gasteiger partial charge in [0.25, 0.3) is 0 Å². The number of hydrogen-bond donors (Lipinski definition) is 2. The lowest BCUT2D eigenvalue weighted by Crippen LogP contribution is -2.44. The smallest absolute Gasteiger partial charge is 0.248 e. The average molecular weight is 472 g/mol. The van der Waals surface area contributed by atoms with Crippen molar-refractivity contribution in [1.29, 1.82) is 0 Å². The summed E-state index contributed by atoms with van der Waals surface area (Å²) >= 11 is 0. The second kappa shape index (κ2) is 10.9. The second-order valence-electron chi connectivity index (χ2n) is 9.27. The van der Waals surface area contributed by atoms with Crippen LogP contribution in [0.25, 0.3) is 11.5 Å². The van der Waals surface area contributed by atoms with Crippen LogP contribution in [0.4, 0.5) is 8.78 Å². The number of aliphatic hydroxyl groups excluding tert-OH is 1. The maximum Gasteiger partial charge on any atom is 0.248 e. The Balaban J connectivity index is 2.20. The quantitative estimate of drug-likeness (QED) is 0.481. The molecule has 3 aromatic rings. The summed E-state index contributed by atoms with van der Waals surface area (Å²) in [5.74, 6) is -1.39. The topological polar surface area (TPSA) is 92.6 Å². The molecule has 3 N–H and O–H groups in total. The van der Waals surface area contributed by atoms with Crippen molar-refractivity contribution in [3.8, 4) is 11.5 Å². The summed E-state index contributed by atoms with van der Waals surface area (Å²) < 4.78 is 34.6. The number of aromatic nitrogens is 1. The van der Waals surface area contributed by atoms with Gasteiger partial charge in [-0.15, -0.1) is 0 Å². The number of nitrogens with two attached hydrogens (primary N) is 1. The maximum atomic E-state index is 14.6. The molecular formula is C26H31F2N3O3. The molecule has 2 aromatic carbocycles. The molecule has 1 atom stereocenters. The minimum atomic E-state index is -0.672. The average Bonchev–Trinajstić information content (AvgIpc) is 3.19. The molecule has 0 saturated carbocycles. The van der Waals surface area contributed by atoms with Crippen molar-refractivity contribution in [3.05, 3.63) is 77.2 Å². The molecule has 182 valence electrons. The maximum absolute atomic E-state index is 14.6. The first-order valence-electron chi connectivity index (χ1n) is 11.2. The molecule has 34 heavy (non-hydrogen) atoms. The summed E-state index contributed by atoms with van der Waals surface area (Å²) in [5, 5.41) is 9.66. The zero-order valence-corrected chi connectivity index (χ0v) is 19.7. The van der Waals surface area contributed by atoms with Gasteiger partial charge >= 0.3 is 0 Å². The fourth-order valence-electron chi connectivity index (χ4n) is 4.04. The van der Waals surface area contributed by atoms with Crippen LogP contribution in [0, 0.1) is 17.0 Å². The van der Waals surface area contributed by atoms with Crippen molar-refractivity contribution >= 4 is 5.91 Å². The summed E-state index contributed by atoms with van der Waals surface area (Å²) in [6.45, 7) is 5.83. The van der Waals surface area contributed by atoms with Crippen molar-refractivity contribution < 1.29 is 23.1 Å². The van der Waals surface area contributed by atoms with Crippen LogP contribution in [0.1, 0.15) is 50.3 Å². The highest BCUT2D eigenvalue weighted by molar-refractivity contribution is 5.78. The number of aliphatic hydroxyl groups is 1. The molecule has 0 saturated heterocycles. The van der Waals surface area contributed by atoms with Crippen LogP contribution >= 0.6 is 0 Å². The minimum Gasteiger partial charge on any atom is -0.440 e. The first-order chi connectivity index (χ1) is 16.2. The highest BCUT2D eigenvalue weighted by atomic mass is 19.1. The van der Waals surface area contributed by atoms with E-state index in [1.54, 1.807) is 4.90 Å². The Morgan fingerprint density at radius 2 is 1.88 bits per heavy atom. The number of carbonyl (C=O) groups is 1. The van der Waals surface area contributed by atoms with Crippen LogP contribution in [-0.2, 0) is 11.2 Å². The minimum absolute atomic E-state index is 0.0672. The molecule has 0 aliphatic heterocycles. The number of carbonyl (C=O) groups excluding carboxylic acids is 1. The van der Waals surface area contributed by atoms with Crippen LogP contribution in [0.5, 0.6) is 0 Å². The SMILES string of the molecule is CC(C)(C)C(c1nc(-c2cc(F)ccc2F)oc1Cc1ccccc1)N(CCCN)C(=O)CO. The third-order valence-corrected chi connectivity index (χ3v) is 5.54. The van der Waals surface area contributed by atoms with Crippen molar-refractivity contribution in [2.75, 3.05) is 19.7 Å². The van der Waals surface area contributed by atoms with Crippen molar-refractivity contribution in [2.24, 2.45) is 11.1 Å². The highest BCUT2D eigenvalue weighted by Crippen LogP contribution is 2.41. The van der Waals surface area contributed by atoms with Gasteiger partial charge in [0.1, 0.15) is 29.7 Å². The van der Waals surface area contributed by atoms with Gasteiger partial charge < -0.3 is 20.2 Å². The van der Waals surface area contributed by atoms with E-state index in [2.05, 4.69) is 4.98 Å². The second-order valence-corrected chi connectivity index (χ2v) is 9.27. The predicted molar refractivity (Wildman–Crippen MR) is 126 cm³/mol. The number of halogens is 2. The van der Waals surface area contributed by atoms with Crippen LogP contribution in [-0.4, -0.2) is 40.6 Å². The Hall–Kier alpha value is -3.10. The zero-order chi connectivity index (χ0) is 24.9. The Morgan fingerprint density at radius 1 is 1.18 bits per heavy atom. The monoisotopic (exact) mass is 471 g/mol. The van der Waals surface area contributed by atoms with Gasteiger partial charge in [0.05, 0.1) is 11.6 Å². The van der Waals surface area contributed by atoms with E-state index in [4.69, 9.17) is 10.2 Å². The summed E-state index contributed by atoms with van der Waals surface area (Å²) in [6, 6.07) is 12.0. The Labute approximate surface area is 198 Å². The first-order valence-corrected chi connectivity index (χ1v) is 11.2. The molecule has 3 rings (SSSR count). The largest absolute Gasteiger partial charge is 0.440 e. The standard InChI is InChI=1S/C26H31F2N3O3/c1-26(2,3)24(31(13-7-12-29)22(33)16-32)23-21(14-17-8-5-4-6-9-17)34-25(30-23)19-15-18(27)10-11-20(19)28/h4-6,8-11,15,24,32H,7,12-14,16,29H2,1-3H3. The van der Waals surface area contributed by atoms with Crippen molar-refractivity contribution in [1.82, 2.24) is 9.88 Å². The Bertz CT molecular complexity index is 1110. The lowest BCUT2D eigenvalue weighted by molar-refractivity contribution is -0.139. The number of benzene rings is 2. The molecule has 0 radical (unpaired) electrons. The number of hydrogen-bond acceptors (Lipinski definition) is 5. The van der Waals surface area contributed by atoms with E-state index >= 15 is 0 Å². The third kappa shape index (κ3) is 5.87. The van der Waals surface area contributed by atoms with E-state index in [1.807, 2.05) is 51.1 Å². The van der Waals surface area contributed by atoms with Crippen LogP contribution in [0.15, 0.2) is 52.9 Å². The number of oxazole rings is 1. The van der Waals surface area contributed by atoms with E-state index in [-0.39, 0.29) is 11.5 Å². The molecule has 1 heterocycles. The zero-order valence-electron chi connectivity index (χ0n) is 19.7. The van der Waals surface area contributed by atoms with Crippen LogP contribution < -0.4 is 5.73 Å². The summed E-state index contributed by atoms with van der Waals surface area (Å²) in [4.78, 5) is 18.9. The van der Waals surface area contributed by atoms with Gasteiger partial charge in [0.2, 0.25) is 11.8 Å². The number of amides is 1. The van der Waals surface area contributed by atoms with Gasteiger partial charge in [-0.2, -0.15) is 0 Å². The summed E-state index contributed by atoms with van der Waals surface area (Å²) in [6.07, 6.45) is 0.861. The van der Waals surface area contributed by atoms with Crippen LogP contribution in [0.2, 0.25) is 0 Å². The Kier molecular flexibility index (Phi) is 8.17.